The second kappa shape index (κ2) is 10.8. The fourth-order valence-corrected chi connectivity index (χ4v) is 4.76. The van der Waals surface area contributed by atoms with Crippen LogP contribution in [0.2, 0.25) is 0 Å². The van der Waals surface area contributed by atoms with Crippen LogP contribution < -0.4 is 15.6 Å². The van der Waals surface area contributed by atoms with Crippen LogP contribution in [0.5, 0.6) is 5.88 Å². The topological polar surface area (TPSA) is 133 Å². The number of pyridine rings is 2. The first kappa shape index (κ1) is 25.8. The highest BCUT2D eigenvalue weighted by atomic mass is 32.2. The van der Waals surface area contributed by atoms with E-state index in [2.05, 4.69) is 14.1 Å². The number of hydrogen-bond acceptors (Lipinski definition) is 9. The lowest BCUT2D eigenvalue weighted by Gasteiger charge is -2.23. The van der Waals surface area contributed by atoms with Crippen LogP contribution in [0.25, 0.3) is 10.9 Å². The largest absolute Gasteiger partial charge is 0.474 e. The Morgan fingerprint density at radius 1 is 1.36 bits per heavy atom. The first-order valence-corrected chi connectivity index (χ1v) is 13.8. The van der Waals surface area contributed by atoms with Crippen LogP contribution in [0, 0.1) is 11.3 Å². The first-order chi connectivity index (χ1) is 17.2. The number of nitrogens with one attached hydrogen (secondary N) is 1. The quantitative estimate of drug-likeness (QED) is 0.321. The van der Waals surface area contributed by atoms with Crippen LogP contribution in [-0.4, -0.2) is 49.8 Å². The van der Waals surface area contributed by atoms with Gasteiger partial charge in [-0.2, -0.15) is 9.03 Å². The molecule has 1 saturated carbocycles. The third-order valence-corrected chi connectivity index (χ3v) is 7.84. The van der Waals surface area contributed by atoms with Gasteiger partial charge in [-0.05, 0) is 55.2 Å². The average molecular weight is 527 g/mol. The van der Waals surface area contributed by atoms with Gasteiger partial charge in [-0.25, -0.2) is 4.98 Å². The number of fused-ring (bicyclic) bond motifs is 1. The molecule has 2 aromatic heterocycles. The van der Waals surface area contributed by atoms with E-state index in [9.17, 15) is 14.8 Å². The van der Waals surface area contributed by atoms with Crippen molar-refractivity contribution < 1.29 is 14.7 Å². The summed E-state index contributed by atoms with van der Waals surface area (Å²) in [5.41, 5.74) is 0.781. The minimum absolute atomic E-state index is 0.00326. The fraction of sp³-hybridized carbons (Fsp3) is 0.333. The van der Waals surface area contributed by atoms with E-state index in [4.69, 9.17) is 10.00 Å². The molecule has 36 heavy (non-hydrogen) atoms. The van der Waals surface area contributed by atoms with E-state index in [1.165, 1.54) is 10.6 Å². The number of ether oxygens (including phenoxy) is 1. The number of hydroxylamine groups is 1. The molecular weight excluding hydrogens is 500 g/mol. The van der Waals surface area contributed by atoms with E-state index >= 15 is 0 Å². The number of rotatable bonds is 9. The summed E-state index contributed by atoms with van der Waals surface area (Å²) in [7, 11) is 1.39. The highest BCUT2D eigenvalue weighted by Gasteiger charge is 2.50. The highest BCUT2D eigenvalue weighted by molar-refractivity contribution is 8.03. The lowest BCUT2D eigenvalue weighted by molar-refractivity contribution is -0.0502. The van der Waals surface area contributed by atoms with Crippen molar-refractivity contribution in [3.8, 4) is 11.9 Å². The van der Waals surface area contributed by atoms with Crippen LogP contribution in [0.3, 0.4) is 0 Å². The lowest BCUT2D eigenvalue weighted by atomic mass is 10.1. The maximum Gasteiger partial charge on any atom is 0.263 e. The van der Waals surface area contributed by atoms with Crippen molar-refractivity contribution >= 4 is 39.6 Å². The van der Waals surface area contributed by atoms with Crippen molar-refractivity contribution in [2.24, 2.45) is 10.8 Å². The average Bonchev–Trinajstić information content (AvgIpc) is 3.68. The Kier molecular flexibility index (Phi) is 7.75. The van der Waals surface area contributed by atoms with E-state index < -0.39 is 17.0 Å². The standard InChI is InChI=1S/C24H26N6O4S2/c1-29-20-18(8-11-26-22(20)34-15-24(9-10-24)30(33)35-28-36(2)3)12-19(23(29)32)21(31)27-14-17-6-4-16(13-25)5-7-17/h4-8,11-12,33H,9-10,14-15H2,1-3H3,(H,27,31). The Hall–Kier alpha value is -3.24. The number of amides is 1. The van der Waals surface area contributed by atoms with Gasteiger partial charge in [0.1, 0.15) is 17.7 Å². The Labute approximate surface area is 215 Å². The van der Waals surface area contributed by atoms with Gasteiger partial charge in [0.05, 0.1) is 29.3 Å². The van der Waals surface area contributed by atoms with Gasteiger partial charge in [-0.3, -0.25) is 9.59 Å². The number of aromatic nitrogens is 2. The minimum atomic E-state index is -0.554. The van der Waals surface area contributed by atoms with Crippen molar-refractivity contribution in [1.82, 2.24) is 19.3 Å². The molecule has 12 heteroatoms. The number of carbonyl (C=O) groups excluding carboxylic acids is 1. The number of carbonyl (C=O) groups is 1. The smallest absolute Gasteiger partial charge is 0.263 e. The highest BCUT2D eigenvalue weighted by Crippen LogP contribution is 2.44. The first-order valence-electron chi connectivity index (χ1n) is 11.1. The van der Waals surface area contributed by atoms with E-state index in [-0.39, 0.29) is 35.3 Å². The summed E-state index contributed by atoms with van der Waals surface area (Å²) >= 11 is 1.02. The molecule has 1 amide bonds. The summed E-state index contributed by atoms with van der Waals surface area (Å²) in [4.78, 5) is 30.2. The Morgan fingerprint density at radius 3 is 2.72 bits per heavy atom. The molecule has 0 atom stereocenters. The molecule has 1 fully saturated rings. The Balaban J connectivity index is 1.52. The van der Waals surface area contributed by atoms with Crippen LogP contribution >= 0.6 is 12.1 Å². The molecule has 1 aliphatic rings. The number of aryl methyl sites for hydroxylation is 1. The monoisotopic (exact) mass is 526 g/mol. The molecule has 0 unspecified atom stereocenters. The molecule has 10 nitrogen and oxygen atoms in total. The summed E-state index contributed by atoms with van der Waals surface area (Å²) in [6.07, 6.45) is 6.97. The van der Waals surface area contributed by atoms with Gasteiger partial charge in [0.15, 0.2) is 0 Å². The van der Waals surface area contributed by atoms with Gasteiger partial charge in [0, 0.05) is 25.2 Å². The van der Waals surface area contributed by atoms with Crippen molar-refractivity contribution in [1.29, 1.82) is 5.26 Å². The molecular formula is C24H26N6O4S2. The molecule has 0 radical (unpaired) electrons. The van der Waals surface area contributed by atoms with E-state index in [1.54, 1.807) is 43.6 Å². The molecule has 1 aliphatic carbocycles. The Morgan fingerprint density at radius 2 is 2.08 bits per heavy atom. The second-order valence-corrected chi connectivity index (χ2v) is 11.3. The van der Waals surface area contributed by atoms with Gasteiger partial charge < -0.3 is 19.8 Å². The van der Waals surface area contributed by atoms with Crippen LogP contribution in [0.1, 0.15) is 34.3 Å². The molecule has 0 aliphatic heterocycles. The predicted octanol–water partition coefficient (Wildman–Crippen LogP) is 2.96. The van der Waals surface area contributed by atoms with Gasteiger partial charge in [0.25, 0.3) is 11.5 Å². The van der Waals surface area contributed by atoms with Crippen LogP contribution in [0.15, 0.2) is 51.2 Å². The molecule has 3 aromatic rings. The molecule has 1 aromatic carbocycles. The SMILES string of the molecule is Cn1c(=O)c(C(=O)NCc2ccc(C#N)cc2)cc2ccnc(OCC3(N(O)SN=S(C)C)CC3)c21. The second-order valence-electron chi connectivity index (χ2n) is 8.68. The number of hydrogen-bond donors (Lipinski definition) is 2. The summed E-state index contributed by atoms with van der Waals surface area (Å²) in [6, 6.07) is 12.1. The maximum atomic E-state index is 13.1. The third-order valence-electron chi connectivity index (χ3n) is 5.84. The van der Waals surface area contributed by atoms with Crippen molar-refractivity contribution in [2.45, 2.75) is 24.9 Å². The molecule has 2 heterocycles. The van der Waals surface area contributed by atoms with Crippen molar-refractivity contribution in [3.63, 3.8) is 0 Å². The van der Waals surface area contributed by atoms with E-state index in [0.29, 0.717) is 16.5 Å². The van der Waals surface area contributed by atoms with Crippen LogP contribution in [0.4, 0.5) is 0 Å². The molecule has 0 spiro atoms. The molecule has 0 bridgehead atoms. The van der Waals surface area contributed by atoms with Gasteiger partial charge >= 0.3 is 0 Å². The molecule has 2 N–H and O–H groups in total. The van der Waals surface area contributed by atoms with Crippen molar-refractivity contribution in [3.05, 3.63) is 69.6 Å². The summed E-state index contributed by atoms with van der Waals surface area (Å²) in [6.45, 7) is 0.401. The van der Waals surface area contributed by atoms with Gasteiger partial charge in [0.2, 0.25) is 5.88 Å². The zero-order chi connectivity index (χ0) is 25.9. The predicted molar refractivity (Wildman–Crippen MR) is 140 cm³/mol. The van der Waals surface area contributed by atoms with Gasteiger partial charge in [-0.15, -0.1) is 4.47 Å². The van der Waals surface area contributed by atoms with Crippen molar-refractivity contribution in [2.75, 3.05) is 19.1 Å². The summed E-state index contributed by atoms with van der Waals surface area (Å²) in [5, 5.41) is 22.7. The van der Waals surface area contributed by atoms with Crippen LogP contribution in [-0.2, 0) is 24.3 Å². The molecule has 0 saturated heterocycles. The lowest BCUT2D eigenvalue weighted by Crippen LogP contribution is -2.35. The van der Waals surface area contributed by atoms with E-state index in [1.807, 2.05) is 18.6 Å². The molecule has 4 rings (SSSR count). The Bertz CT molecular complexity index is 1420. The maximum absolute atomic E-state index is 13.1. The molecule has 188 valence electrons. The number of nitrogens with zero attached hydrogens (tertiary/aromatic N) is 5. The number of nitriles is 1. The van der Waals surface area contributed by atoms with E-state index in [0.717, 1.165) is 35.0 Å². The normalized spacial score (nSPS) is 14.0. The third kappa shape index (κ3) is 5.60. The summed E-state index contributed by atoms with van der Waals surface area (Å²) < 4.78 is 12.8. The van der Waals surface area contributed by atoms with Gasteiger partial charge in [-0.1, -0.05) is 22.8 Å². The fourth-order valence-electron chi connectivity index (χ4n) is 3.57. The zero-order valence-electron chi connectivity index (χ0n) is 20.1. The number of benzene rings is 1. The minimum Gasteiger partial charge on any atom is -0.474 e. The summed E-state index contributed by atoms with van der Waals surface area (Å²) in [5.74, 6) is -0.246. The zero-order valence-corrected chi connectivity index (χ0v) is 21.7.